The maximum absolute atomic E-state index is 13.2. The van der Waals surface area contributed by atoms with Gasteiger partial charge >= 0.3 is 5.97 Å². The lowest BCUT2D eigenvalue weighted by atomic mass is 9.89. The van der Waals surface area contributed by atoms with E-state index in [1.807, 2.05) is 12.1 Å². The average Bonchev–Trinajstić information content (AvgIpc) is 2.73. The number of cyclic esters (lactones) is 1. The molecule has 1 unspecified atom stereocenters. The van der Waals surface area contributed by atoms with Gasteiger partial charge in [-0.25, -0.2) is 13.2 Å². The molecular formula is C21H21ClN2O5S. The highest BCUT2D eigenvalue weighted by Crippen LogP contribution is 2.30. The molecule has 0 aliphatic carbocycles. The zero-order chi connectivity index (χ0) is 21.5. The lowest BCUT2D eigenvalue weighted by Gasteiger charge is -2.40. The molecule has 2 heterocycles. The van der Waals surface area contributed by atoms with Crippen molar-refractivity contribution in [3.63, 3.8) is 0 Å². The number of benzene rings is 2. The number of rotatable bonds is 3. The number of piperazine rings is 1. The van der Waals surface area contributed by atoms with E-state index in [1.54, 1.807) is 36.1 Å². The Morgan fingerprint density at radius 1 is 1.07 bits per heavy atom. The molecule has 158 valence electrons. The predicted octanol–water partition coefficient (Wildman–Crippen LogP) is 2.34. The average molecular weight is 449 g/mol. The summed E-state index contributed by atoms with van der Waals surface area (Å²) >= 11 is 5.93. The molecule has 1 amide bonds. The summed E-state index contributed by atoms with van der Waals surface area (Å²) < 4.78 is 32.6. The summed E-state index contributed by atoms with van der Waals surface area (Å²) in [6.07, 6.45) is 0.286. The van der Waals surface area contributed by atoms with Crippen molar-refractivity contribution >= 4 is 33.5 Å². The van der Waals surface area contributed by atoms with Crippen LogP contribution in [0.2, 0.25) is 5.02 Å². The van der Waals surface area contributed by atoms with Gasteiger partial charge in [0.1, 0.15) is 0 Å². The van der Waals surface area contributed by atoms with E-state index in [2.05, 4.69) is 0 Å². The Kier molecular flexibility index (Phi) is 5.34. The Balaban J connectivity index is 1.47. The Bertz CT molecular complexity index is 1110. The van der Waals surface area contributed by atoms with Crippen LogP contribution < -0.4 is 0 Å². The maximum atomic E-state index is 13.2. The first-order valence-corrected chi connectivity index (χ1v) is 11.4. The van der Waals surface area contributed by atoms with Gasteiger partial charge in [0.2, 0.25) is 10.0 Å². The van der Waals surface area contributed by atoms with Crippen LogP contribution in [-0.2, 0) is 26.0 Å². The first kappa shape index (κ1) is 20.8. The molecular weight excluding hydrogens is 428 g/mol. The fraction of sp³-hybridized carbons (Fsp3) is 0.333. The van der Waals surface area contributed by atoms with Gasteiger partial charge in [-0.05, 0) is 36.8 Å². The minimum Gasteiger partial charge on any atom is -0.445 e. The summed E-state index contributed by atoms with van der Waals surface area (Å²) in [7, 11) is -3.70. The predicted molar refractivity (Wildman–Crippen MR) is 111 cm³/mol. The van der Waals surface area contributed by atoms with E-state index in [0.29, 0.717) is 10.6 Å². The molecule has 30 heavy (non-hydrogen) atoms. The van der Waals surface area contributed by atoms with Crippen LogP contribution in [0.5, 0.6) is 0 Å². The van der Waals surface area contributed by atoms with Gasteiger partial charge in [-0.1, -0.05) is 35.9 Å². The summed E-state index contributed by atoms with van der Waals surface area (Å²) in [6.45, 7) is 2.35. The number of ether oxygens (including phenoxy) is 1. The van der Waals surface area contributed by atoms with Gasteiger partial charge < -0.3 is 9.64 Å². The second kappa shape index (κ2) is 7.68. The first-order chi connectivity index (χ1) is 14.2. The number of esters is 1. The summed E-state index contributed by atoms with van der Waals surface area (Å²) in [5, 5.41) is 0.345. The van der Waals surface area contributed by atoms with Gasteiger partial charge in [0.25, 0.3) is 5.91 Å². The molecule has 2 aromatic carbocycles. The molecule has 1 atom stereocenters. The molecule has 7 nitrogen and oxygen atoms in total. The topological polar surface area (TPSA) is 84.0 Å². The minimum atomic E-state index is -3.70. The third kappa shape index (κ3) is 3.71. The third-order valence-electron chi connectivity index (χ3n) is 5.50. The van der Waals surface area contributed by atoms with Crippen LogP contribution in [0.3, 0.4) is 0 Å². The highest BCUT2D eigenvalue weighted by molar-refractivity contribution is 7.89. The highest BCUT2D eigenvalue weighted by atomic mass is 35.5. The number of fused-ring (bicyclic) bond motifs is 1. The van der Waals surface area contributed by atoms with Crippen LogP contribution in [0.1, 0.15) is 22.8 Å². The van der Waals surface area contributed by atoms with Gasteiger partial charge in [0, 0.05) is 37.6 Å². The van der Waals surface area contributed by atoms with E-state index < -0.39 is 21.6 Å². The second-order valence-electron chi connectivity index (χ2n) is 7.61. The molecule has 9 heteroatoms. The van der Waals surface area contributed by atoms with Gasteiger partial charge in [-0.3, -0.25) is 4.79 Å². The monoisotopic (exact) mass is 448 g/mol. The van der Waals surface area contributed by atoms with Gasteiger partial charge in [0.05, 0.1) is 10.5 Å². The van der Waals surface area contributed by atoms with Crippen LogP contribution in [0.15, 0.2) is 53.4 Å². The summed E-state index contributed by atoms with van der Waals surface area (Å²) in [4.78, 5) is 27.2. The zero-order valence-electron chi connectivity index (χ0n) is 16.4. The Labute approximate surface area is 180 Å². The number of carbonyl (C=O) groups is 2. The molecule has 0 saturated carbocycles. The number of hydrogen-bond acceptors (Lipinski definition) is 5. The van der Waals surface area contributed by atoms with Crippen LogP contribution in [0.25, 0.3) is 0 Å². The van der Waals surface area contributed by atoms with Crippen LogP contribution >= 0.6 is 11.6 Å². The van der Waals surface area contributed by atoms with E-state index in [1.165, 1.54) is 16.4 Å². The van der Waals surface area contributed by atoms with Crippen molar-refractivity contribution in [3.8, 4) is 0 Å². The van der Waals surface area contributed by atoms with Crippen LogP contribution in [0.4, 0.5) is 0 Å². The standard InChI is InChI=1S/C21H21ClN2O5S/c1-21(14-15-5-2-3-8-18(15)19(25)29-21)20(26)23-9-11-24(12-10-23)30(27,28)17-7-4-6-16(22)13-17/h2-8,13H,9-12,14H2,1H3. The van der Waals surface area contributed by atoms with E-state index in [4.69, 9.17) is 16.3 Å². The molecule has 0 N–H and O–H groups in total. The Morgan fingerprint density at radius 3 is 2.47 bits per heavy atom. The molecule has 0 radical (unpaired) electrons. The van der Waals surface area contributed by atoms with E-state index >= 15 is 0 Å². The number of halogens is 1. The van der Waals surface area contributed by atoms with E-state index in [-0.39, 0.29) is 43.4 Å². The van der Waals surface area contributed by atoms with Crippen molar-refractivity contribution < 1.29 is 22.7 Å². The Hall–Kier alpha value is -2.42. The Morgan fingerprint density at radius 2 is 1.77 bits per heavy atom. The van der Waals surface area contributed by atoms with Crippen molar-refractivity contribution in [3.05, 3.63) is 64.7 Å². The highest BCUT2D eigenvalue weighted by Gasteiger charge is 2.45. The number of amides is 1. The van der Waals surface area contributed by atoms with Gasteiger partial charge in [-0.2, -0.15) is 4.31 Å². The van der Waals surface area contributed by atoms with E-state index in [0.717, 1.165) is 5.56 Å². The molecule has 0 spiro atoms. The molecule has 1 saturated heterocycles. The number of nitrogens with zero attached hydrogens (tertiary/aromatic N) is 2. The lowest BCUT2D eigenvalue weighted by molar-refractivity contribution is -0.152. The molecule has 0 bridgehead atoms. The second-order valence-corrected chi connectivity index (χ2v) is 9.98. The minimum absolute atomic E-state index is 0.125. The SMILES string of the molecule is CC1(C(=O)N2CCN(S(=O)(=O)c3cccc(Cl)c3)CC2)Cc2ccccc2C(=O)O1. The normalized spacial score (nSPS) is 22.3. The van der Waals surface area contributed by atoms with Crippen molar-refractivity contribution in [1.82, 2.24) is 9.21 Å². The van der Waals surface area contributed by atoms with Gasteiger partial charge in [0.15, 0.2) is 5.60 Å². The zero-order valence-corrected chi connectivity index (χ0v) is 17.9. The van der Waals surface area contributed by atoms with Gasteiger partial charge in [-0.15, -0.1) is 0 Å². The molecule has 2 aliphatic rings. The lowest BCUT2D eigenvalue weighted by Crippen LogP contribution is -2.58. The van der Waals surface area contributed by atoms with Crippen molar-refractivity contribution in [1.29, 1.82) is 0 Å². The summed E-state index contributed by atoms with van der Waals surface area (Å²) in [6, 6.07) is 13.2. The largest absolute Gasteiger partial charge is 0.445 e. The molecule has 2 aromatic rings. The van der Waals surface area contributed by atoms with Crippen molar-refractivity contribution in [2.24, 2.45) is 0 Å². The smallest absolute Gasteiger partial charge is 0.339 e. The van der Waals surface area contributed by atoms with Crippen LogP contribution in [-0.4, -0.2) is 61.3 Å². The third-order valence-corrected chi connectivity index (χ3v) is 7.62. The molecule has 1 fully saturated rings. The molecule has 4 rings (SSSR count). The first-order valence-electron chi connectivity index (χ1n) is 9.57. The maximum Gasteiger partial charge on any atom is 0.339 e. The fourth-order valence-electron chi connectivity index (χ4n) is 3.89. The molecule has 0 aromatic heterocycles. The number of hydrogen-bond donors (Lipinski definition) is 0. The van der Waals surface area contributed by atoms with Crippen LogP contribution in [0, 0.1) is 0 Å². The van der Waals surface area contributed by atoms with E-state index in [9.17, 15) is 18.0 Å². The summed E-state index contributed by atoms with van der Waals surface area (Å²) in [5.41, 5.74) is -0.0635. The fourth-order valence-corrected chi connectivity index (χ4v) is 5.62. The quantitative estimate of drug-likeness (QED) is 0.673. The van der Waals surface area contributed by atoms with Crippen molar-refractivity contribution in [2.45, 2.75) is 23.8 Å². The molecule has 2 aliphatic heterocycles. The number of sulfonamides is 1. The number of carbonyl (C=O) groups excluding carboxylic acids is 2. The summed E-state index contributed by atoms with van der Waals surface area (Å²) in [5.74, 6) is -0.833. The van der Waals surface area contributed by atoms with Crippen molar-refractivity contribution in [2.75, 3.05) is 26.2 Å².